The summed E-state index contributed by atoms with van der Waals surface area (Å²) in [6.45, 7) is 7.49. The van der Waals surface area contributed by atoms with Crippen molar-refractivity contribution in [2.75, 3.05) is 33.3 Å². The number of carbonyl (C=O) groups excluding carboxylic acids is 1. The molecule has 1 aliphatic heterocycles. The van der Waals surface area contributed by atoms with Gasteiger partial charge in [0.05, 0.1) is 19.2 Å². The van der Waals surface area contributed by atoms with Gasteiger partial charge in [-0.15, -0.1) is 0 Å². The highest BCUT2D eigenvalue weighted by molar-refractivity contribution is 5.88. The van der Waals surface area contributed by atoms with E-state index in [-0.39, 0.29) is 5.97 Å². The van der Waals surface area contributed by atoms with E-state index in [4.69, 9.17) is 4.42 Å². The number of carbonyl (C=O) groups is 1. The molecule has 1 aromatic heterocycles. The molecule has 1 aliphatic rings. The van der Waals surface area contributed by atoms with Crippen LogP contribution in [0, 0.1) is 5.92 Å². The third kappa shape index (κ3) is 5.17. The molecule has 2 heterocycles. The number of ether oxygens (including phenoxy) is 1. The van der Waals surface area contributed by atoms with Crippen molar-refractivity contribution in [2.45, 2.75) is 32.7 Å². The van der Waals surface area contributed by atoms with Gasteiger partial charge in [0.25, 0.3) is 0 Å². The quantitative estimate of drug-likeness (QED) is 0.782. The molecule has 2 rings (SSSR count). The Kier molecular flexibility index (Phi) is 6.26. The summed E-state index contributed by atoms with van der Waals surface area (Å²) in [6, 6.07) is 1.73. The first-order chi connectivity index (χ1) is 10.2. The number of piperidine rings is 1. The standard InChI is InChI=1S/C16H26N2O3/c1-13(11-18-6-4-3-5-7-18)9-17-10-15-8-14(12-21-15)16(19)20-2/h8,12-13,17H,3-7,9-11H2,1-2H3. The SMILES string of the molecule is COC(=O)c1coc(CNCC(C)CN2CCCCC2)c1. The van der Waals surface area contributed by atoms with Gasteiger partial charge in [-0.3, -0.25) is 0 Å². The average molecular weight is 294 g/mol. The van der Waals surface area contributed by atoms with Gasteiger partial charge in [-0.05, 0) is 44.5 Å². The minimum Gasteiger partial charge on any atom is -0.467 e. The molecular formula is C16H26N2O3. The Hall–Kier alpha value is -1.33. The van der Waals surface area contributed by atoms with Crippen LogP contribution in [0.25, 0.3) is 0 Å². The molecule has 1 N–H and O–H groups in total. The van der Waals surface area contributed by atoms with Crippen LogP contribution in [0.4, 0.5) is 0 Å². The fourth-order valence-electron chi connectivity index (χ4n) is 2.79. The Balaban J connectivity index is 1.66. The lowest BCUT2D eigenvalue weighted by Crippen LogP contribution is -2.36. The average Bonchev–Trinajstić information content (AvgIpc) is 2.96. The highest BCUT2D eigenvalue weighted by Gasteiger charge is 2.14. The van der Waals surface area contributed by atoms with E-state index in [9.17, 15) is 4.79 Å². The molecule has 0 amide bonds. The summed E-state index contributed by atoms with van der Waals surface area (Å²) in [5, 5.41) is 3.39. The molecular weight excluding hydrogens is 268 g/mol. The van der Waals surface area contributed by atoms with Crippen molar-refractivity contribution < 1.29 is 13.9 Å². The predicted octanol–water partition coefficient (Wildman–Crippen LogP) is 2.28. The summed E-state index contributed by atoms with van der Waals surface area (Å²) >= 11 is 0. The minimum atomic E-state index is -0.358. The molecule has 21 heavy (non-hydrogen) atoms. The highest BCUT2D eigenvalue weighted by atomic mass is 16.5. The fraction of sp³-hybridized carbons (Fsp3) is 0.688. The Morgan fingerprint density at radius 1 is 1.43 bits per heavy atom. The molecule has 1 aromatic rings. The number of nitrogens with zero attached hydrogens (tertiary/aromatic N) is 1. The maximum atomic E-state index is 11.3. The summed E-state index contributed by atoms with van der Waals surface area (Å²) in [5.74, 6) is 1.02. The van der Waals surface area contributed by atoms with Crippen molar-refractivity contribution in [3.63, 3.8) is 0 Å². The number of hydrogen-bond acceptors (Lipinski definition) is 5. The first kappa shape index (κ1) is 16.0. The van der Waals surface area contributed by atoms with Crippen LogP contribution in [0.1, 0.15) is 42.3 Å². The number of nitrogens with one attached hydrogen (secondary N) is 1. The third-order valence-electron chi connectivity index (χ3n) is 3.89. The van der Waals surface area contributed by atoms with E-state index in [2.05, 4.69) is 21.9 Å². The lowest BCUT2D eigenvalue weighted by atomic mass is 10.1. The van der Waals surface area contributed by atoms with Crippen LogP contribution >= 0.6 is 0 Å². The van der Waals surface area contributed by atoms with Gasteiger partial charge in [-0.2, -0.15) is 0 Å². The molecule has 0 aliphatic carbocycles. The number of hydrogen-bond donors (Lipinski definition) is 1. The zero-order chi connectivity index (χ0) is 15.1. The van der Waals surface area contributed by atoms with E-state index in [1.165, 1.54) is 45.7 Å². The molecule has 1 saturated heterocycles. The van der Waals surface area contributed by atoms with Gasteiger partial charge in [0.15, 0.2) is 0 Å². The minimum absolute atomic E-state index is 0.358. The first-order valence-electron chi connectivity index (χ1n) is 7.78. The summed E-state index contributed by atoms with van der Waals surface area (Å²) in [6.07, 6.45) is 5.50. The van der Waals surface area contributed by atoms with Crippen molar-refractivity contribution >= 4 is 5.97 Å². The lowest BCUT2D eigenvalue weighted by Gasteiger charge is -2.29. The second-order valence-electron chi connectivity index (χ2n) is 5.89. The van der Waals surface area contributed by atoms with Gasteiger partial charge in [-0.25, -0.2) is 4.79 Å². The van der Waals surface area contributed by atoms with Crippen LogP contribution in [-0.4, -0.2) is 44.2 Å². The molecule has 0 aromatic carbocycles. The lowest BCUT2D eigenvalue weighted by molar-refractivity contribution is 0.0600. The molecule has 1 fully saturated rings. The number of likely N-dealkylation sites (tertiary alicyclic amines) is 1. The summed E-state index contributed by atoms with van der Waals surface area (Å²) in [7, 11) is 1.37. The van der Waals surface area contributed by atoms with Crippen molar-refractivity contribution in [1.82, 2.24) is 10.2 Å². The van der Waals surface area contributed by atoms with Crippen LogP contribution in [-0.2, 0) is 11.3 Å². The highest BCUT2D eigenvalue weighted by Crippen LogP contribution is 2.11. The van der Waals surface area contributed by atoms with Gasteiger partial charge >= 0.3 is 5.97 Å². The van der Waals surface area contributed by atoms with E-state index in [1.54, 1.807) is 6.07 Å². The van der Waals surface area contributed by atoms with Crippen molar-refractivity contribution in [3.8, 4) is 0 Å². The van der Waals surface area contributed by atoms with Gasteiger partial charge in [0.2, 0.25) is 0 Å². The number of furan rings is 1. The van der Waals surface area contributed by atoms with Crippen LogP contribution in [0.3, 0.4) is 0 Å². The molecule has 5 heteroatoms. The third-order valence-corrected chi connectivity index (χ3v) is 3.89. The Bertz CT molecular complexity index is 438. The van der Waals surface area contributed by atoms with Gasteiger partial charge < -0.3 is 19.4 Å². The Morgan fingerprint density at radius 2 is 2.19 bits per heavy atom. The van der Waals surface area contributed by atoms with E-state index in [1.807, 2.05) is 0 Å². The van der Waals surface area contributed by atoms with E-state index in [0.717, 1.165) is 18.8 Å². The maximum absolute atomic E-state index is 11.3. The van der Waals surface area contributed by atoms with Crippen LogP contribution in [0.15, 0.2) is 16.7 Å². The summed E-state index contributed by atoms with van der Waals surface area (Å²) in [4.78, 5) is 13.9. The molecule has 1 unspecified atom stereocenters. The molecule has 0 spiro atoms. The Labute approximate surface area is 126 Å². The molecule has 0 saturated carbocycles. The predicted molar refractivity (Wildman–Crippen MR) is 81.2 cm³/mol. The summed E-state index contributed by atoms with van der Waals surface area (Å²) in [5.41, 5.74) is 0.468. The van der Waals surface area contributed by atoms with Crippen LogP contribution in [0.2, 0.25) is 0 Å². The second kappa shape index (κ2) is 8.20. The van der Waals surface area contributed by atoms with Gasteiger partial charge in [-0.1, -0.05) is 13.3 Å². The van der Waals surface area contributed by atoms with Crippen LogP contribution < -0.4 is 5.32 Å². The van der Waals surface area contributed by atoms with Crippen LogP contribution in [0.5, 0.6) is 0 Å². The largest absolute Gasteiger partial charge is 0.467 e. The van der Waals surface area contributed by atoms with E-state index in [0.29, 0.717) is 18.0 Å². The van der Waals surface area contributed by atoms with Crippen molar-refractivity contribution in [3.05, 3.63) is 23.7 Å². The maximum Gasteiger partial charge on any atom is 0.341 e. The number of rotatable bonds is 7. The van der Waals surface area contributed by atoms with Crippen molar-refractivity contribution in [2.24, 2.45) is 5.92 Å². The smallest absolute Gasteiger partial charge is 0.341 e. The molecule has 0 radical (unpaired) electrons. The fourth-order valence-corrected chi connectivity index (χ4v) is 2.79. The zero-order valence-corrected chi connectivity index (χ0v) is 13.1. The van der Waals surface area contributed by atoms with Gasteiger partial charge in [0.1, 0.15) is 12.0 Å². The second-order valence-corrected chi connectivity index (χ2v) is 5.89. The Morgan fingerprint density at radius 3 is 2.90 bits per heavy atom. The number of methoxy groups -OCH3 is 1. The monoisotopic (exact) mass is 294 g/mol. The van der Waals surface area contributed by atoms with Gasteiger partial charge in [0, 0.05) is 6.54 Å². The molecule has 5 nitrogen and oxygen atoms in total. The zero-order valence-electron chi connectivity index (χ0n) is 13.1. The molecule has 0 bridgehead atoms. The normalized spacial score (nSPS) is 17.6. The molecule has 1 atom stereocenters. The first-order valence-corrected chi connectivity index (χ1v) is 7.78. The topological polar surface area (TPSA) is 54.7 Å². The van der Waals surface area contributed by atoms with E-state index >= 15 is 0 Å². The van der Waals surface area contributed by atoms with E-state index < -0.39 is 0 Å². The summed E-state index contributed by atoms with van der Waals surface area (Å²) < 4.78 is 10.00. The van der Waals surface area contributed by atoms with Crippen molar-refractivity contribution in [1.29, 1.82) is 0 Å². The number of esters is 1. The molecule has 118 valence electrons.